The standard InChI is InChI=1S/C11H19NO2/c1-4-11(13)12-5-6-14-8-10(12)7-9(2)3/h4,9-10H,1,5-8H2,2-3H3/t10-/m1/s1. The number of hydrogen-bond donors (Lipinski definition) is 0. The Morgan fingerprint density at radius 1 is 1.71 bits per heavy atom. The van der Waals surface area contributed by atoms with E-state index in [1.807, 2.05) is 4.90 Å². The van der Waals surface area contributed by atoms with Crippen LogP contribution in [0.2, 0.25) is 0 Å². The molecule has 3 nitrogen and oxygen atoms in total. The van der Waals surface area contributed by atoms with Gasteiger partial charge in [-0.05, 0) is 18.4 Å². The molecule has 80 valence electrons. The van der Waals surface area contributed by atoms with Crippen LogP contribution in [0.4, 0.5) is 0 Å². The summed E-state index contributed by atoms with van der Waals surface area (Å²) < 4.78 is 5.38. The smallest absolute Gasteiger partial charge is 0.246 e. The van der Waals surface area contributed by atoms with Crippen molar-refractivity contribution in [1.82, 2.24) is 4.90 Å². The molecular formula is C11H19NO2. The predicted molar refractivity (Wildman–Crippen MR) is 56.0 cm³/mol. The zero-order valence-electron chi connectivity index (χ0n) is 9.03. The maximum absolute atomic E-state index is 11.5. The first-order valence-corrected chi connectivity index (χ1v) is 5.16. The second-order valence-corrected chi connectivity index (χ2v) is 4.09. The lowest BCUT2D eigenvalue weighted by Gasteiger charge is -2.35. The number of ether oxygens (including phenoxy) is 1. The molecule has 3 heteroatoms. The Morgan fingerprint density at radius 3 is 3.00 bits per heavy atom. The molecule has 0 aromatic rings. The van der Waals surface area contributed by atoms with Gasteiger partial charge in [0.05, 0.1) is 19.3 Å². The minimum atomic E-state index is 0.0268. The van der Waals surface area contributed by atoms with Crippen LogP contribution in [0.3, 0.4) is 0 Å². The van der Waals surface area contributed by atoms with Gasteiger partial charge in [0, 0.05) is 6.54 Å². The van der Waals surface area contributed by atoms with E-state index in [-0.39, 0.29) is 11.9 Å². The molecule has 1 amide bonds. The van der Waals surface area contributed by atoms with Gasteiger partial charge in [-0.1, -0.05) is 20.4 Å². The first kappa shape index (κ1) is 11.2. The van der Waals surface area contributed by atoms with Crippen molar-refractivity contribution in [1.29, 1.82) is 0 Å². The molecule has 0 bridgehead atoms. The highest BCUT2D eigenvalue weighted by atomic mass is 16.5. The Bertz CT molecular complexity index is 213. The number of rotatable bonds is 3. The summed E-state index contributed by atoms with van der Waals surface area (Å²) in [7, 11) is 0. The average molecular weight is 197 g/mol. The van der Waals surface area contributed by atoms with Crippen molar-refractivity contribution in [2.24, 2.45) is 5.92 Å². The van der Waals surface area contributed by atoms with Crippen molar-refractivity contribution < 1.29 is 9.53 Å². The Balaban J connectivity index is 2.58. The van der Waals surface area contributed by atoms with Crippen LogP contribution < -0.4 is 0 Å². The lowest BCUT2D eigenvalue weighted by Crippen LogP contribution is -2.48. The maximum atomic E-state index is 11.5. The minimum Gasteiger partial charge on any atom is -0.377 e. The lowest BCUT2D eigenvalue weighted by atomic mass is 10.0. The Hall–Kier alpha value is -0.830. The van der Waals surface area contributed by atoms with Gasteiger partial charge in [0.25, 0.3) is 0 Å². The summed E-state index contributed by atoms with van der Waals surface area (Å²) in [5.41, 5.74) is 0. The summed E-state index contributed by atoms with van der Waals surface area (Å²) in [6.07, 6.45) is 2.39. The molecule has 1 atom stereocenters. The van der Waals surface area contributed by atoms with E-state index < -0.39 is 0 Å². The second-order valence-electron chi connectivity index (χ2n) is 4.09. The van der Waals surface area contributed by atoms with Crippen LogP contribution in [0.25, 0.3) is 0 Å². The SMILES string of the molecule is C=CC(=O)N1CCOC[C@H]1CC(C)C. The highest BCUT2D eigenvalue weighted by Gasteiger charge is 2.25. The molecule has 0 aromatic carbocycles. The van der Waals surface area contributed by atoms with Crippen LogP contribution in [0, 0.1) is 5.92 Å². The summed E-state index contributed by atoms with van der Waals surface area (Å²) in [6, 6.07) is 0.231. The van der Waals surface area contributed by atoms with E-state index in [1.54, 1.807) is 0 Å². The van der Waals surface area contributed by atoms with Gasteiger partial charge in [0.15, 0.2) is 0 Å². The van der Waals surface area contributed by atoms with Crippen molar-refractivity contribution in [2.45, 2.75) is 26.3 Å². The van der Waals surface area contributed by atoms with Gasteiger partial charge in [-0.25, -0.2) is 0 Å². The van der Waals surface area contributed by atoms with Crippen LogP contribution in [0.1, 0.15) is 20.3 Å². The van der Waals surface area contributed by atoms with Crippen LogP contribution in [0.5, 0.6) is 0 Å². The van der Waals surface area contributed by atoms with E-state index in [0.717, 1.165) is 6.42 Å². The fourth-order valence-electron chi connectivity index (χ4n) is 1.80. The number of nitrogens with zero attached hydrogens (tertiary/aromatic N) is 1. The van der Waals surface area contributed by atoms with Gasteiger partial charge in [-0.2, -0.15) is 0 Å². The van der Waals surface area contributed by atoms with Crippen molar-refractivity contribution in [3.8, 4) is 0 Å². The van der Waals surface area contributed by atoms with Gasteiger partial charge in [-0.3, -0.25) is 4.79 Å². The molecule has 14 heavy (non-hydrogen) atoms. The van der Waals surface area contributed by atoms with Gasteiger partial charge in [-0.15, -0.1) is 0 Å². The van der Waals surface area contributed by atoms with Crippen LogP contribution in [-0.2, 0) is 9.53 Å². The fourth-order valence-corrected chi connectivity index (χ4v) is 1.80. The first-order chi connectivity index (χ1) is 6.65. The van der Waals surface area contributed by atoms with Crippen LogP contribution in [0.15, 0.2) is 12.7 Å². The van der Waals surface area contributed by atoms with E-state index in [4.69, 9.17) is 4.74 Å². The van der Waals surface area contributed by atoms with Crippen LogP contribution in [-0.4, -0.2) is 36.6 Å². The molecule has 1 rings (SSSR count). The van der Waals surface area contributed by atoms with E-state index in [1.165, 1.54) is 6.08 Å². The number of carbonyl (C=O) groups excluding carboxylic acids is 1. The first-order valence-electron chi connectivity index (χ1n) is 5.16. The van der Waals surface area contributed by atoms with E-state index in [9.17, 15) is 4.79 Å². The molecule has 1 heterocycles. The Morgan fingerprint density at radius 2 is 2.43 bits per heavy atom. The third-order valence-electron chi connectivity index (χ3n) is 2.43. The number of morpholine rings is 1. The molecule has 0 radical (unpaired) electrons. The monoisotopic (exact) mass is 197 g/mol. The Labute approximate surface area is 85.7 Å². The molecule has 0 N–H and O–H groups in total. The van der Waals surface area contributed by atoms with Gasteiger partial charge >= 0.3 is 0 Å². The summed E-state index contributed by atoms with van der Waals surface area (Å²) in [6.45, 7) is 9.84. The van der Waals surface area contributed by atoms with Crippen molar-refractivity contribution in [3.63, 3.8) is 0 Å². The molecule has 0 spiro atoms. The molecule has 1 aliphatic heterocycles. The molecule has 1 saturated heterocycles. The van der Waals surface area contributed by atoms with Crippen molar-refractivity contribution >= 4 is 5.91 Å². The van der Waals surface area contributed by atoms with Crippen molar-refractivity contribution in [2.75, 3.05) is 19.8 Å². The summed E-state index contributed by atoms with van der Waals surface area (Å²) in [4.78, 5) is 13.4. The topological polar surface area (TPSA) is 29.5 Å². The predicted octanol–water partition coefficient (Wildman–Crippen LogP) is 1.45. The van der Waals surface area contributed by atoms with E-state index in [0.29, 0.717) is 25.7 Å². The van der Waals surface area contributed by atoms with E-state index in [2.05, 4.69) is 20.4 Å². The summed E-state index contributed by atoms with van der Waals surface area (Å²) >= 11 is 0. The molecule has 0 aromatic heterocycles. The molecular weight excluding hydrogens is 178 g/mol. The highest BCUT2D eigenvalue weighted by Crippen LogP contribution is 2.15. The van der Waals surface area contributed by atoms with Gasteiger partial charge in [0.1, 0.15) is 0 Å². The van der Waals surface area contributed by atoms with E-state index >= 15 is 0 Å². The third-order valence-corrected chi connectivity index (χ3v) is 2.43. The molecule has 0 unspecified atom stereocenters. The molecule has 1 aliphatic rings. The third kappa shape index (κ3) is 2.84. The number of carbonyl (C=O) groups is 1. The Kier molecular flexibility index (Phi) is 4.14. The fraction of sp³-hybridized carbons (Fsp3) is 0.727. The van der Waals surface area contributed by atoms with Crippen LogP contribution >= 0.6 is 0 Å². The maximum Gasteiger partial charge on any atom is 0.246 e. The normalized spacial score (nSPS) is 22.5. The number of amides is 1. The average Bonchev–Trinajstić information content (AvgIpc) is 2.16. The summed E-state index contributed by atoms with van der Waals surface area (Å²) in [5.74, 6) is 0.612. The van der Waals surface area contributed by atoms with Gasteiger partial charge in [0.2, 0.25) is 5.91 Å². The lowest BCUT2D eigenvalue weighted by molar-refractivity contribution is -0.135. The molecule has 1 fully saturated rings. The highest BCUT2D eigenvalue weighted by molar-refractivity contribution is 5.87. The quantitative estimate of drug-likeness (QED) is 0.641. The zero-order valence-corrected chi connectivity index (χ0v) is 9.03. The minimum absolute atomic E-state index is 0.0268. The second kappa shape index (κ2) is 5.15. The molecule has 0 aliphatic carbocycles. The van der Waals surface area contributed by atoms with Gasteiger partial charge < -0.3 is 9.64 Å². The molecule has 0 saturated carbocycles. The zero-order chi connectivity index (χ0) is 10.6. The summed E-state index contributed by atoms with van der Waals surface area (Å²) in [5, 5.41) is 0. The largest absolute Gasteiger partial charge is 0.377 e. The van der Waals surface area contributed by atoms with Crippen molar-refractivity contribution in [3.05, 3.63) is 12.7 Å². The number of hydrogen-bond acceptors (Lipinski definition) is 2.